The number of esters is 2. The Morgan fingerprint density at radius 2 is 0.833 bits per heavy atom. The first kappa shape index (κ1) is 58.1. The zero-order valence-corrected chi connectivity index (χ0v) is 40.4. The van der Waals surface area contributed by atoms with Gasteiger partial charge in [0, 0.05) is 19.3 Å². The van der Waals surface area contributed by atoms with Gasteiger partial charge >= 0.3 is 11.9 Å². The second kappa shape index (κ2) is 43.7. The molecule has 0 aliphatic heterocycles. The minimum Gasteiger partial charge on any atom is -0.544 e. The fraction of sp³-hybridized carbons (Fsp3) is 0.904. The number of quaternary nitrogens is 1. The summed E-state index contributed by atoms with van der Waals surface area (Å²) in [6.07, 6.45) is 48.1. The molecule has 8 nitrogen and oxygen atoms in total. The van der Waals surface area contributed by atoms with Crippen LogP contribution in [-0.4, -0.2) is 75.5 Å². The van der Waals surface area contributed by atoms with E-state index in [0.29, 0.717) is 12.8 Å². The zero-order valence-electron chi connectivity index (χ0n) is 40.4. The fourth-order valence-electron chi connectivity index (χ4n) is 7.89. The van der Waals surface area contributed by atoms with Crippen molar-refractivity contribution in [2.45, 2.75) is 264 Å². The molecule has 2 atom stereocenters. The van der Waals surface area contributed by atoms with E-state index < -0.39 is 18.1 Å². The standard InChI is InChI=1S/C52H99NO7/c1-6-8-10-12-14-16-18-20-22-23-24-25-26-27-29-31-33-35-37-39-41-43-51(55)60-48(46-58-45-44-49(52(56)57)53(3,4)5)47-59-50(54)42-40-38-36-34-32-30-28-21-19-17-15-13-11-9-7-2/h17,19,48-49H,6-16,18,20-47H2,1-5H3/b19-17+. The van der Waals surface area contributed by atoms with E-state index in [-0.39, 0.29) is 42.7 Å². The minimum atomic E-state index is -1.12. The summed E-state index contributed by atoms with van der Waals surface area (Å²) in [5.41, 5.74) is 0. The molecular formula is C52H99NO7. The SMILES string of the molecule is CCCCCC/C=C/CCCCCCCCCC(=O)OCC(COCCC(C(=O)[O-])[N+](C)(C)C)OC(=O)CCCCCCCCCCCCCCCCCCCCCCC. The number of hydrogen-bond donors (Lipinski definition) is 0. The zero-order chi connectivity index (χ0) is 44.2. The van der Waals surface area contributed by atoms with E-state index >= 15 is 0 Å². The highest BCUT2D eigenvalue weighted by Crippen LogP contribution is 2.17. The van der Waals surface area contributed by atoms with Gasteiger partial charge in [0.2, 0.25) is 0 Å². The van der Waals surface area contributed by atoms with E-state index in [1.807, 2.05) is 21.1 Å². The van der Waals surface area contributed by atoms with Gasteiger partial charge in [0.25, 0.3) is 0 Å². The van der Waals surface area contributed by atoms with Crippen molar-refractivity contribution >= 4 is 17.9 Å². The molecular weight excluding hydrogens is 751 g/mol. The van der Waals surface area contributed by atoms with Gasteiger partial charge in [-0.2, -0.15) is 0 Å². The van der Waals surface area contributed by atoms with E-state index in [0.717, 1.165) is 38.5 Å². The molecule has 0 saturated heterocycles. The predicted molar refractivity (Wildman–Crippen MR) is 250 cm³/mol. The number of aliphatic carboxylic acids is 1. The Morgan fingerprint density at radius 3 is 1.22 bits per heavy atom. The first-order valence-electron chi connectivity index (χ1n) is 25.7. The van der Waals surface area contributed by atoms with Gasteiger partial charge in [-0.3, -0.25) is 9.59 Å². The van der Waals surface area contributed by atoms with Gasteiger partial charge in [-0.25, -0.2) is 0 Å². The van der Waals surface area contributed by atoms with Crippen LogP contribution < -0.4 is 5.11 Å². The number of carboxylic acid groups (broad SMARTS) is 1. The number of carboxylic acids is 1. The van der Waals surface area contributed by atoms with E-state index in [1.54, 1.807) is 0 Å². The van der Waals surface area contributed by atoms with Gasteiger partial charge in [-0.1, -0.05) is 206 Å². The van der Waals surface area contributed by atoms with Crippen LogP contribution in [0.15, 0.2) is 12.2 Å². The van der Waals surface area contributed by atoms with Gasteiger partial charge in [0.05, 0.1) is 40.3 Å². The lowest BCUT2D eigenvalue weighted by molar-refractivity contribution is -0.889. The highest BCUT2D eigenvalue weighted by Gasteiger charge is 2.25. The molecule has 0 aliphatic carbocycles. The van der Waals surface area contributed by atoms with E-state index in [4.69, 9.17) is 14.2 Å². The largest absolute Gasteiger partial charge is 0.544 e. The Kier molecular flexibility index (Phi) is 42.3. The number of rotatable bonds is 47. The van der Waals surface area contributed by atoms with Crippen LogP contribution in [0, 0.1) is 0 Å². The number of likely N-dealkylation sites (N-methyl/N-ethyl adjacent to an activating group) is 1. The van der Waals surface area contributed by atoms with Crippen molar-refractivity contribution in [2.24, 2.45) is 0 Å². The summed E-state index contributed by atoms with van der Waals surface area (Å²) in [4.78, 5) is 37.0. The maximum atomic E-state index is 12.8. The van der Waals surface area contributed by atoms with Crippen molar-refractivity contribution in [3.63, 3.8) is 0 Å². The van der Waals surface area contributed by atoms with Crippen molar-refractivity contribution in [3.05, 3.63) is 12.2 Å². The van der Waals surface area contributed by atoms with Crippen molar-refractivity contribution in [2.75, 3.05) is 41.0 Å². The molecule has 0 saturated carbocycles. The molecule has 2 unspecified atom stereocenters. The van der Waals surface area contributed by atoms with Crippen LogP contribution in [0.1, 0.15) is 251 Å². The van der Waals surface area contributed by atoms with Gasteiger partial charge in [0.1, 0.15) is 12.6 Å². The number of hydrogen-bond acceptors (Lipinski definition) is 7. The van der Waals surface area contributed by atoms with Crippen molar-refractivity contribution in [1.29, 1.82) is 0 Å². The van der Waals surface area contributed by atoms with Crippen LogP contribution in [0.3, 0.4) is 0 Å². The number of allylic oxidation sites excluding steroid dienone is 2. The molecule has 8 heteroatoms. The summed E-state index contributed by atoms with van der Waals surface area (Å²) in [5, 5.41) is 11.7. The summed E-state index contributed by atoms with van der Waals surface area (Å²) < 4.78 is 17.2. The summed E-state index contributed by atoms with van der Waals surface area (Å²) in [7, 11) is 5.42. The maximum absolute atomic E-state index is 12.8. The average Bonchev–Trinajstić information content (AvgIpc) is 3.21. The molecule has 0 bridgehead atoms. The number of ether oxygens (including phenoxy) is 3. The second-order valence-electron chi connectivity index (χ2n) is 18.8. The molecule has 0 rings (SSSR count). The Morgan fingerprint density at radius 1 is 0.483 bits per heavy atom. The molecule has 0 aromatic rings. The molecule has 0 aliphatic rings. The highest BCUT2D eigenvalue weighted by molar-refractivity contribution is 5.70. The number of carbonyl (C=O) groups is 3. The minimum absolute atomic E-state index is 0.0456. The molecule has 0 N–H and O–H groups in total. The van der Waals surface area contributed by atoms with Gasteiger partial charge in [-0.15, -0.1) is 0 Å². The number of unbranched alkanes of at least 4 members (excludes halogenated alkanes) is 31. The maximum Gasteiger partial charge on any atom is 0.306 e. The third-order valence-electron chi connectivity index (χ3n) is 11.9. The fourth-order valence-corrected chi connectivity index (χ4v) is 7.89. The molecule has 60 heavy (non-hydrogen) atoms. The first-order chi connectivity index (χ1) is 29.1. The van der Waals surface area contributed by atoms with Crippen LogP contribution in [0.5, 0.6) is 0 Å². The molecule has 0 radical (unpaired) electrons. The van der Waals surface area contributed by atoms with Gasteiger partial charge < -0.3 is 28.6 Å². The second-order valence-corrected chi connectivity index (χ2v) is 18.8. The third kappa shape index (κ3) is 41.4. The summed E-state index contributed by atoms with van der Waals surface area (Å²) in [6, 6.07) is -0.722. The first-order valence-corrected chi connectivity index (χ1v) is 25.7. The lowest BCUT2D eigenvalue weighted by Crippen LogP contribution is -2.55. The third-order valence-corrected chi connectivity index (χ3v) is 11.9. The van der Waals surface area contributed by atoms with Crippen molar-refractivity contribution in [1.82, 2.24) is 0 Å². The Balaban J connectivity index is 4.19. The molecule has 354 valence electrons. The highest BCUT2D eigenvalue weighted by atomic mass is 16.6. The van der Waals surface area contributed by atoms with Crippen LogP contribution >= 0.6 is 0 Å². The summed E-state index contributed by atoms with van der Waals surface area (Å²) in [5.74, 6) is -1.72. The van der Waals surface area contributed by atoms with Crippen LogP contribution in [0.2, 0.25) is 0 Å². The van der Waals surface area contributed by atoms with E-state index in [9.17, 15) is 19.5 Å². The van der Waals surface area contributed by atoms with Crippen molar-refractivity contribution < 1.29 is 38.2 Å². The molecule has 0 amide bonds. The number of carbonyl (C=O) groups excluding carboxylic acids is 3. The monoisotopic (exact) mass is 850 g/mol. The normalized spacial score (nSPS) is 12.9. The van der Waals surface area contributed by atoms with Crippen LogP contribution in [0.25, 0.3) is 0 Å². The Hall–Kier alpha value is -1.93. The summed E-state index contributed by atoms with van der Waals surface area (Å²) >= 11 is 0. The smallest absolute Gasteiger partial charge is 0.306 e. The Labute approximate surface area is 371 Å². The molecule has 0 aromatic carbocycles. The Bertz CT molecular complexity index is 993. The van der Waals surface area contributed by atoms with Gasteiger partial charge in [0.15, 0.2) is 6.10 Å². The van der Waals surface area contributed by atoms with Crippen molar-refractivity contribution in [3.8, 4) is 0 Å². The lowest BCUT2D eigenvalue weighted by Gasteiger charge is -2.34. The molecule has 0 heterocycles. The van der Waals surface area contributed by atoms with Crippen LogP contribution in [-0.2, 0) is 28.6 Å². The quantitative estimate of drug-likeness (QED) is 0.0260. The van der Waals surface area contributed by atoms with E-state index in [1.165, 1.54) is 180 Å². The predicted octanol–water partition coefficient (Wildman–Crippen LogP) is 13.3. The number of nitrogens with zero attached hydrogens (tertiary/aromatic N) is 1. The average molecular weight is 850 g/mol. The van der Waals surface area contributed by atoms with Gasteiger partial charge in [-0.05, 0) is 38.5 Å². The molecule has 0 aromatic heterocycles. The topological polar surface area (TPSA) is 102 Å². The van der Waals surface area contributed by atoms with E-state index in [2.05, 4.69) is 26.0 Å². The molecule has 0 spiro atoms. The summed E-state index contributed by atoms with van der Waals surface area (Å²) in [6.45, 7) is 4.69. The van der Waals surface area contributed by atoms with Crippen LogP contribution in [0.4, 0.5) is 0 Å². The lowest BCUT2D eigenvalue weighted by atomic mass is 10.0. The molecule has 0 fully saturated rings.